The van der Waals surface area contributed by atoms with Crippen molar-refractivity contribution in [2.75, 3.05) is 13.2 Å². The van der Waals surface area contributed by atoms with Crippen molar-refractivity contribution < 1.29 is 13.2 Å². The number of hydrogen-bond donors (Lipinski definition) is 2. The van der Waals surface area contributed by atoms with Crippen molar-refractivity contribution in [3.63, 3.8) is 0 Å². The number of ether oxygens (including phenoxy) is 1. The largest absolute Gasteiger partial charge is 0.377 e. The lowest BCUT2D eigenvalue weighted by molar-refractivity contribution is -0.0833. The van der Waals surface area contributed by atoms with Gasteiger partial charge in [0.25, 0.3) is 10.2 Å². The Kier molecular flexibility index (Phi) is 4.34. The first kappa shape index (κ1) is 13.9. The Bertz CT molecular complexity index is 321. The fraction of sp³-hybridized carbons (Fsp3) is 1.00. The molecule has 0 aromatic rings. The van der Waals surface area contributed by atoms with Crippen LogP contribution in [0.4, 0.5) is 0 Å². The number of rotatable bonds is 3. The molecule has 0 aromatic heterocycles. The van der Waals surface area contributed by atoms with Crippen LogP contribution in [0, 0.1) is 11.3 Å². The Hall–Kier alpha value is -0.170. The lowest BCUT2D eigenvalue weighted by atomic mass is 9.78. The van der Waals surface area contributed by atoms with Gasteiger partial charge in [0.15, 0.2) is 0 Å². The van der Waals surface area contributed by atoms with E-state index in [0.29, 0.717) is 6.54 Å². The van der Waals surface area contributed by atoms with Crippen LogP contribution in [0.15, 0.2) is 0 Å². The van der Waals surface area contributed by atoms with Gasteiger partial charge in [-0.2, -0.15) is 8.42 Å². The van der Waals surface area contributed by atoms with E-state index >= 15 is 0 Å². The third kappa shape index (κ3) is 4.37. The lowest BCUT2D eigenvalue weighted by Crippen LogP contribution is -2.46. The fourth-order valence-electron chi connectivity index (χ4n) is 2.23. The predicted octanol–water partition coefficient (Wildman–Crippen LogP) is 0.621. The molecule has 0 aromatic carbocycles. The van der Waals surface area contributed by atoms with Crippen molar-refractivity contribution in [2.24, 2.45) is 16.5 Å². The molecule has 16 heavy (non-hydrogen) atoms. The van der Waals surface area contributed by atoms with E-state index in [0.717, 1.165) is 19.4 Å². The highest BCUT2D eigenvalue weighted by atomic mass is 32.2. The third-order valence-corrected chi connectivity index (χ3v) is 3.41. The molecule has 0 aliphatic carbocycles. The maximum absolute atomic E-state index is 10.9. The van der Waals surface area contributed by atoms with Crippen molar-refractivity contribution in [1.29, 1.82) is 0 Å². The minimum Gasteiger partial charge on any atom is -0.377 e. The zero-order chi connectivity index (χ0) is 12.4. The first-order valence-electron chi connectivity index (χ1n) is 5.59. The fourth-order valence-corrected chi connectivity index (χ4v) is 2.68. The number of hydrogen-bond acceptors (Lipinski definition) is 3. The van der Waals surface area contributed by atoms with Gasteiger partial charge in [-0.3, -0.25) is 0 Å². The van der Waals surface area contributed by atoms with Crippen molar-refractivity contribution in [2.45, 2.75) is 39.7 Å². The van der Waals surface area contributed by atoms with Gasteiger partial charge in [-0.1, -0.05) is 20.8 Å². The summed E-state index contributed by atoms with van der Waals surface area (Å²) in [5.41, 5.74) is 0.0190. The molecule has 1 aliphatic heterocycles. The molecule has 0 radical (unpaired) electrons. The standard InChI is InChI=1S/C10H22N2O3S/c1-10(2,3)9-8(5-4-6-15-9)7-12-16(11,13)14/h8-9,12H,4-7H2,1-3H3,(H2,11,13,14)/t8-,9+/m1/s1. The molecule has 1 fully saturated rings. The van der Waals surface area contributed by atoms with Crippen molar-refractivity contribution in [1.82, 2.24) is 4.72 Å². The van der Waals surface area contributed by atoms with Crippen molar-refractivity contribution in [3.05, 3.63) is 0 Å². The van der Waals surface area contributed by atoms with E-state index in [4.69, 9.17) is 9.88 Å². The molecule has 3 N–H and O–H groups in total. The quantitative estimate of drug-likeness (QED) is 0.770. The minimum atomic E-state index is -3.60. The Balaban J connectivity index is 2.61. The molecule has 6 heteroatoms. The van der Waals surface area contributed by atoms with Crippen LogP contribution in [0.5, 0.6) is 0 Å². The van der Waals surface area contributed by atoms with Gasteiger partial charge >= 0.3 is 0 Å². The first-order chi connectivity index (χ1) is 7.20. The topological polar surface area (TPSA) is 81.4 Å². The zero-order valence-corrected chi connectivity index (χ0v) is 11.0. The minimum absolute atomic E-state index is 0.0190. The Morgan fingerprint density at radius 3 is 2.56 bits per heavy atom. The van der Waals surface area contributed by atoms with E-state index in [1.165, 1.54) is 0 Å². The highest BCUT2D eigenvalue weighted by Gasteiger charge is 2.35. The molecular weight excluding hydrogens is 228 g/mol. The Morgan fingerprint density at radius 1 is 1.44 bits per heavy atom. The molecule has 0 unspecified atom stereocenters. The van der Waals surface area contributed by atoms with Crippen LogP contribution in [0.2, 0.25) is 0 Å². The van der Waals surface area contributed by atoms with E-state index in [1.54, 1.807) is 0 Å². The van der Waals surface area contributed by atoms with Gasteiger partial charge in [0.1, 0.15) is 0 Å². The smallest absolute Gasteiger partial charge is 0.274 e. The second-order valence-electron chi connectivity index (χ2n) is 5.45. The summed E-state index contributed by atoms with van der Waals surface area (Å²) in [5, 5.41) is 4.93. The van der Waals surface area contributed by atoms with Crippen molar-refractivity contribution in [3.8, 4) is 0 Å². The normalized spacial score (nSPS) is 28.0. The van der Waals surface area contributed by atoms with Gasteiger partial charge in [0.05, 0.1) is 6.10 Å². The lowest BCUT2D eigenvalue weighted by Gasteiger charge is -2.40. The van der Waals surface area contributed by atoms with Crippen LogP contribution in [-0.2, 0) is 14.9 Å². The van der Waals surface area contributed by atoms with E-state index in [-0.39, 0.29) is 17.4 Å². The molecule has 1 aliphatic rings. The molecule has 0 amide bonds. The summed E-state index contributed by atoms with van der Waals surface area (Å²) in [7, 11) is -3.60. The van der Waals surface area contributed by atoms with Gasteiger partial charge in [0, 0.05) is 13.2 Å². The summed E-state index contributed by atoms with van der Waals surface area (Å²) < 4.78 is 29.8. The second kappa shape index (κ2) is 5.00. The van der Waals surface area contributed by atoms with Crippen LogP contribution < -0.4 is 9.86 Å². The summed E-state index contributed by atoms with van der Waals surface area (Å²) in [4.78, 5) is 0. The second-order valence-corrected chi connectivity index (χ2v) is 6.83. The summed E-state index contributed by atoms with van der Waals surface area (Å²) in [6, 6.07) is 0. The SMILES string of the molecule is CC(C)(C)[C@H]1OCCC[C@@H]1CNS(N)(=O)=O. The number of nitrogens with one attached hydrogen (secondary N) is 1. The first-order valence-corrected chi connectivity index (χ1v) is 7.14. The predicted molar refractivity (Wildman–Crippen MR) is 63.0 cm³/mol. The van der Waals surface area contributed by atoms with Crippen LogP contribution in [-0.4, -0.2) is 27.7 Å². The molecule has 96 valence electrons. The van der Waals surface area contributed by atoms with Gasteiger partial charge in [0.2, 0.25) is 0 Å². The van der Waals surface area contributed by atoms with Crippen LogP contribution >= 0.6 is 0 Å². The number of nitrogens with two attached hydrogens (primary N) is 1. The van der Waals surface area contributed by atoms with Crippen molar-refractivity contribution >= 4 is 10.2 Å². The van der Waals surface area contributed by atoms with E-state index in [9.17, 15) is 8.42 Å². The Morgan fingerprint density at radius 2 is 2.06 bits per heavy atom. The van der Waals surface area contributed by atoms with E-state index < -0.39 is 10.2 Å². The monoisotopic (exact) mass is 250 g/mol. The van der Waals surface area contributed by atoms with E-state index in [1.807, 2.05) is 0 Å². The van der Waals surface area contributed by atoms with Crippen LogP contribution in [0.3, 0.4) is 0 Å². The van der Waals surface area contributed by atoms with Gasteiger partial charge in [-0.25, -0.2) is 9.86 Å². The van der Waals surface area contributed by atoms with Gasteiger partial charge in [-0.05, 0) is 24.2 Å². The molecule has 2 atom stereocenters. The molecule has 5 nitrogen and oxygen atoms in total. The average molecular weight is 250 g/mol. The molecular formula is C10H22N2O3S. The maximum atomic E-state index is 10.9. The summed E-state index contributed by atoms with van der Waals surface area (Å²) in [6.07, 6.45) is 2.03. The van der Waals surface area contributed by atoms with E-state index in [2.05, 4.69) is 25.5 Å². The van der Waals surface area contributed by atoms with Gasteiger partial charge in [-0.15, -0.1) is 0 Å². The summed E-state index contributed by atoms with van der Waals surface area (Å²) in [5.74, 6) is 0.201. The Labute approximate surface area is 97.9 Å². The molecule has 0 saturated carbocycles. The van der Waals surface area contributed by atoms with Crippen LogP contribution in [0.1, 0.15) is 33.6 Å². The summed E-state index contributed by atoms with van der Waals surface area (Å²) in [6.45, 7) is 7.43. The highest BCUT2D eigenvalue weighted by molar-refractivity contribution is 7.87. The van der Waals surface area contributed by atoms with Gasteiger partial charge < -0.3 is 4.74 Å². The summed E-state index contributed by atoms with van der Waals surface area (Å²) >= 11 is 0. The highest BCUT2D eigenvalue weighted by Crippen LogP contribution is 2.33. The van der Waals surface area contributed by atoms with Crippen LogP contribution in [0.25, 0.3) is 0 Å². The average Bonchev–Trinajstić information content (AvgIpc) is 2.12. The maximum Gasteiger partial charge on any atom is 0.274 e. The molecule has 0 spiro atoms. The zero-order valence-electron chi connectivity index (χ0n) is 10.2. The third-order valence-electron chi connectivity index (χ3n) is 2.85. The molecule has 1 rings (SSSR count). The molecule has 1 saturated heterocycles. The molecule has 1 heterocycles. The molecule has 0 bridgehead atoms.